The molecule has 2 unspecified atom stereocenters. The van der Waals surface area contributed by atoms with Crippen molar-refractivity contribution in [2.45, 2.75) is 65.0 Å². The summed E-state index contributed by atoms with van der Waals surface area (Å²) < 4.78 is 0. The molecule has 0 aromatic rings. The SMILES string of the molecule is CC(C)CCN1CC(C)(C2CC2)NCCC1C. The van der Waals surface area contributed by atoms with Crippen LogP contribution in [0.2, 0.25) is 0 Å². The van der Waals surface area contributed by atoms with Crippen LogP contribution in [0.1, 0.15) is 53.4 Å². The van der Waals surface area contributed by atoms with E-state index in [0.29, 0.717) is 5.54 Å². The average molecular weight is 238 g/mol. The molecule has 2 nitrogen and oxygen atoms in total. The summed E-state index contributed by atoms with van der Waals surface area (Å²) >= 11 is 0. The van der Waals surface area contributed by atoms with Crippen molar-refractivity contribution in [3.8, 4) is 0 Å². The third kappa shape index (κ3) is 3.45. The van der Waals surface area contributed by atoms with E-state index in [1.165, 1.54) is 45.3 Å². The third-order valence-corrected chi connectivity index (χ3v) is 4.72. The van der Waals surface area contributed by atoms with Gasteiger partial charge in [-0.2, -0.15) is 0 Å². The molecule has 1 N–H and O–H groups in total. The second-order valence-electron chi connectivity index (χ2n) is 6.91. The minimum absolute atomic E-state index is 0.391. The summed E-state index contributed by atoms with van der Waals surface area (Å²) in [4.78, 5) is 2.73. The van der Waals surface area contributed by atoms with Crippen LogP contribution < -0.4 is 5.32 Å². The van der Waals surface area contributed by atoms with Crippen LogP contribution in [0, 0.1) is 11.8 Å². The lowest BCUT2D eigenvalue weighted by Crippen LogP contribution is -2.51. The zero-order valence-corrected chi connectivity index (χ0v) is 12.1. The summed E-state index contributed by atoms with van der Waals surface area (Å²) in [6.45, 7) is 13.3. The van der Waals surface area contributed by atoms with Gasteiger partial charge in [-0.1, -0.05) is 13.8 Å². The lowest BCUT2D eigenvalue weighted by Gasteiger charge is -2.36. The average Bonchev–Trinajstić information content (AvgIpc) is 3.06. The maximum atomic E-state index is 3.83. The third-order valence-electron chi connectivity index (χ3n) is 4.72. The minimum atomic E-state index is 0.391. The smallest absolute Gasteiger partial charge is 0.0308 e. The van der Waals surface area contributed by atoms with Gasteiger partial charge in [-0.3, -0.25) is 4.90 Å². The predicted octanol–water partition coefficient (Wildman–Crippen LogP) is 2.89. The molecule has 0 bridgehead atoms. The van der Waals surface area contributed by atoms with Gasteiger partial charge in [-0.25, -0.2) is 0 Å². The molecule has 0 spiro atoms. The van der Waals surface area contributed by atoms with Crippen LogP contribution in [-0.4, -0.2) is 36.1 Å². The largest absolute Gasteiger partial charge is 0.310 e. The Kier molecular flexibility index (Phi) is 4.14. The molecule has 0 radical (unpaired) electrons. The molecule has 0 amide bonds. The summed E-state index contributed by atoms with van der Waals surface area (Å²) in [5.74, 6) is 1.76. The molecule has 1 saturated heterocycles. The molecule has 100 valence electrons. The molecule has 0 aromatic carbocycles. The van der Waals surface area contributed by atoms with E-state index in [1.54, 1.807) is 0 Å². The highest BCUT2D eigenvalue weighted by molar-refractivity contribution is 5.01. The van der Waals surface area contributed by atoms with E-state index in [9.17, 15) is 0 Å². The van der Waals surface area contributed by atoms with Crippen LogP contribution in [0.25, 0.3) is 0 Å². The number of hydrogen-bond donors (Lipinski definition) is 1. The lowest BCUT2D eigenvalue weighted by molar-refractivity contribution is 0.155. The van der Waals surface area contributed by atoms with Crippen LogP contribution in [0.15, 0.2) is 0 Å². The van der Waals surface area contributed by atoms with Crippen molar-refractivity contribution in [2.24, 2.45) is 11.8 Å². The predicted molar refractivity (Wildman–Crippen MR) is 74.2 cm³/mol. The van der Waals surface area contributed by atoms with Crippen molar-refractivity contribution in [1.29, 1.82) is 0 Å². The van der Waals surface area contributed by atoms with Crippen LogP contribution in [-0.2, 0) is 0 Å². The Balaban J connectivity index is 1.95. The van der Waals surface area contributed by atoms with E-state index in [4.69, 9.17) is 0 Å². The van der Waals surface area contributed by atoms with Crippen LogP contribution in [0.5, 0.6) is 0 Å². The van der Waals surface area contributed by atoms with Crippen LogP contribution >= 0.6 is 0 Å². The van der Waals surface area contributed by atoms with E-state index >= 15 is 0 Å². The molecular formula is C15H30N2. The van der Waals surface area contributed by atoms with Crippen LogP contribution in [0.3, 0.4) is 0 Å². The van der Waals surface area contributed by atoms with Crippen LogP contribution in [0.4, 0.5) is 0 Å². The Hall–Kier alpha value is -0.0800. The molecular weight excluding hydrogens is 208 g/mol. The summed E-state index contributed by atoms with van der Waals surface area (Å²) in [5.41, 5.74) is 0.391. The van der Waals surface area contributed by atoms with Gasteiger partial charge in [0.15, 0.2) is 0 Å². The fraction of sp³-hybridized carbons (Fsp3) is 1.00. The van der Waals surface area contributed by atoms with Gasteiger partial charge in [-0.05, 0) is 64.5 Å². The zero-order chi connectivity index (χ0) is 12.5. The topological polar surface area (TPSA) is 15.3 Å². The Labute approximate surface area is 107 Å². The number of hydrogen-bond acceptors (Lipinski definition) is 2. The summed E-state index contributed by atoms with van der Waals surface area (Å²) in [6, 6.07) is 0.752. The van der Waals surface area contributed by atoms with Crippen molar-refractivity contribution in [2.75, 3.05) is 19.6 Å². The molecule has 2 heteroatoms. The maximum absolute atomic E-state index is 3.83. The first kappa shape index (κ1) is 13.4. The highest BCUT2D eigenvalue weighted by atomic mass is 15.2. The van der Waals surface area contributed by atoms with Crippen molar-refractivity contribution in [3.63, 3.8) is 0 Å². The highest BCUT2D eigenvalue weighted by Crippen LogP contribution is 2.41. The number of rotatable bonds is 4. The normalized spacial score (nSPS) is 36.2. The van der Waals surface area contributed by atoms with Gasteiger partial charge in [0.05, 0.1) is 0 Å². The zero-order valence-electron chi connectivity index (χ0n) is 12.1. The fourth-order valence-electron chi connectivity index (χ4n) is 3.10. The summed E-state index contributed by atoms with van der Waals surface area (Å²) in [5, 5.41) is 3.83. The van der Waals surface area contributed by atoms with Crippen molar-refractivity contribution in [1.82, 2.24) is 10.2 Å². The molecule has 2 rings (SSSR count). The van der Waals surface area contributed by atoms with Gasteiger partial charge in [-0.15, -0.1) is 0 Å². The van der Waals surface area contributed by atoms with Gasteiger partial charge >= 0.3 is 0 Å². The number of nitrogens with zero attached hydrogens (tertiary/aromatic N) is 1. The molecule has 2 atom stereocenters. The fourth-order valence-corrected chi connectivity index (χ4v) is 3.10. The van der Waals surface area contributed by atoms with E-state index in [1.807, 2.05) is 0 Å². The van der Waals surface area contributed by atoms with Gasteiger partial charge in [0.25, 0.3) is 0 Å². The van der Waals surface area contributed by atoms with Crippen molar-refractivity contribution >= 4 is 0 Å². The molecule has 1 heterocycles. The molecule has 1 aliphatic carbocycles. The molecule has 1 saturated carbocycles. The Morgan fingerprint density at radius 3 is 2.59 bits per heavy atom. The van der Waals surface area contributed by atoms with E-state index in [0.717, 1.165) is 17.9 Å². The molecule has 1 aliphatic heterocycles. The Bertz CT molecular complexity index is 247. The molecule has 0 aromatic heterocycles. The van der Waals surface area contributed by atoms with E-state index in [-0.39, 0.29) is 0 Å². The molecule has 17 heavy (non-hydrogen) atoms. The Morgan fingerprint density at radius 2 is 2.00 bits per heavy atom. The van der Waals surface area contributed by atoms with E-state index in [2.05, 4.69) is 37.9 Å². The first-order valence-corrected chi connectivity index (χ1v) is 7.50. The molecule has 2 fully saturated rings. The number of nitrogens with one attached hydrogen (secondary N) is 1. The quantitative estimate of drug-likeness (QED) is 0.810. The second-order valence-corrected chi connectivity index (χ2v) is 6.91. The van der Waals surface area contributed by atoms with Gasteiger partial charge in [0, 0.05) is 18.1 Å². The first-order chi connectivity index (χ1) is 8.01. The van der Waals surface area contributed by atoms with Gasteiger partial charge in [0.1, 0.15) is 0 Å². The lowest BCUT2D eigenvalue weighted by atomic mass is 9.95. The monoisotopic (exact) mass is 238 g/mol. The maximum Gasteiger partial charge on any atom is 0.0308 e. The van der Waals surface area contributed by atoms with Gasteiger partial charge < -0.3 is 5.32 Å². The standard InChI is InChI=1S/C15H30N2/c1-12(2)8-10-17-11-15(4,14-5-6-14)16-9-7-13(17)3/h12-14,16H,5-11H2,1-4H3. The summed E-state index contributed by atoms with van der Waals surface area (Å²) in [6.07, 6.45) is 5.53. The minimum Gasteiger partial charge on any atom is -0.310 e. The Morgan fingerprint density at radius 1 is 1.29 bits per heavy atom. The second kappa shape index (κ2) is 5.27. The van der Waals surface area contributed by atoms with Crippen molar-refractivity contribution in [3.05, 3.63) is 0 Å². The highest BCUT2D eigenvalue weighted by Gasteiger charge is 2.43. The van der Waals surface area contributed by atoms with E-state index < -0.39 is 0 Å². The van der Waals surface area contributed by atoms with Gasteiger partial charge in [0.2, 0.25) is 0 Å². The molecule has 2 aliphatic rings. The first-order valence-electron chi connectivity index (χ1n) is 7.50. The summed E-state index contributed by atoms with van der Waals surface area (Å²) in [7, 11) is 0. The van der Waals surface area contributed by atoms with Crippen molar-refractivity contribution < 1.29 is 0 Å².